The van der Waals surface area contributed by atoms with Gasteiger partial charge in [-0.05, 0) is 47.4 Å². The van der Waals surface area contributed by atoms with Crippen molar-refractivity contribution >= 4 is 17.5 Å². The molecule has 2 amide bonds. The fraction of sp³-hybridized carbons (Fsp3) is 0.333. The monoisotopic (exact) mass is 352 g/mol. The summed E-state index contributed by atoms with van der Waals surface area (Å²) < 4.78 is 5.19. The number of amides is 2. The maximum atomic E-state index is 12.4. The molecule has 1 N–H and O–H groups in total. The van der Waals surface area contributed by atoms with E-state index in [4.69, 9.17) is 4.74 Å². The molecule has 5 nitrogen and oxygen atoms in total. The first-order valence-electron chi connectivity index (χ1n) is 8.91. The molecule has 3 rings (SSSR count). The Morgan fingerprint density at radius 3 is 2.77 bits per heavy atom. The number of benzene rings is 2. The number of nitrogens with one attached hydrogen (secondary N) is 1. The van der Waals surface area contributed by atoms with Crippen molar-refractivity contribution in [3.05, 3.63) is 59.2 Å². The molecule has 2 aromatic rings. The normalized spacial score (nSPS) is 13.1. The van der Waals surface area contributed by atoms with E-state index >= 15 is 0 Å². The molecule has 0 saturated carbocycles. The number of carbonyl (C=O) groups is 2. The van der Waals surface area contributed by atoms with Crippen LogP contribution in [0.1, 0.15) is 30.0 Å². The van der Waals surface area contributed by atoms with Gasteiger partial charge < -0.3 is 15.0 Å². The van der Waals surface area contributed by atoms with Crippen molar-refractivity contribution in [1.82, 2.24) is 4.90 Å². The summed E-state index contributed by atoms with van der Waals surface area (Å²) in [6.07, 6.45) is 1.67. The van der Waals surface area contributed by atoms with Crippen LogP contribution in [0.2, 0.25) is 0 Å². The van der Waals surface area contributed by atoms with Gasteiger partial charge in [-0.3, -0.25) is 9.59 Å². The lowest BCUT2D eigenvalue weighted by atomic mass is 9.98. The summed E-state index contributed by atoms with van der Waals surface area (Å²) in [5.74, 6) is 0.836. The van der Waals surface area contributed by atoms with Gasteiger partial charge in [0.05, 0.1) is 13.5 Å². The minimum absolute atomic E-state index is 0.0736. The van der Waals surface area contributed by atoms with Crippen LogP contribution in [-0.4, -0.2) is 30.4 Å². The van der Waals surface area contributed by atoms with Crippen molar-refractivity contribution in [2.45, 2.75) is 32.7 Å². The molecule has 0 fully saturated rings. The minimum atomic E-state index is -0.0736. The average Bonchev–Trinajstić information content (AvgIpc) is 2.66. The third-order valence-corrected chi connectivity index (χ3v) is 4.66. The molecule has 1 aliphatic rings. The largest absolute Gasteiger partial charge is 0.497 e. The third kappa shape index (κ3) is 4.23. The maximum Gasteiger partial charge on any atom is 0.228 e. The Morgan fingerprint density at radius 1 is 1.15 bits per heavy atom. The second-order valence-electron chi connectivity index (χ2n) is 6.48. The van der Waals surface area contributed by atoms with E-state index in [-0.39, 0.29) is 18.2 Å². The van der Waals surface area contributed by atoms with Crippen LogP contribution in [-0.2, 0) is 29.0 Å². The van der Waals surface area contributed by atoms with Gasteiger partial charge in [0.15, 0.2) is 0 Å². The number of carbonyl (C=O) groups excluding carboxylic acids is 2. The molecule has 136 valence electrons. The zero-order valence-electron chi connectivity index (χ0n) is 15.2. The van der Waals surface area contributed by atoms with Gasteiger partial charge in [-0.15, -0.1) is 0 Å². The lowest BCUT2D eigenvalue weighted by Gasteiger charge is -2.29. The highest BCUT2D eigenvalue weighted by molar-refractivity contribution is 5.92. The first-order chi connectivity index (χ1) is 12.6. The van der Waals surface area contributed by atoms with Crippen LogP contribution in [0.3, 0.4) is 0 Å². The highest BCUT2D eigenvalue weighted by atomic mass is 16.5. The first kappa shape index (κ1) is 18.0. The van der Waals surface area contributed by atoms with E-state index in [1.807, 2.05) is 54.3 Å². The Labute approximate surface area is 154 Å². The van der Waals surface area contributed by atoms with Crippen LogP contribution in [0.15, 0.2) is 42.5 Å². The molecule has 0 bridgehead atoms. The van der Waals surface area contributed by atoms with Gasteiger partial charge in [0.25, 0.3) is 0 Å². The predicted octanol–water partition coefficient (Wildman–Crippen LogP) is 3.17. The second kappa shape index (κ2) is 8.04. The first-order valence-corrected chi connectivity index (χ1v) is 8.91. The van der Waals surface area contributed by atoms with Gasteiger partial charge in [0, 0.05) is 25.2 Å². The highest BCUT2D eigenvalue weighted by Crippen LogP contribution is 2.23. The Bertz CT molecular complexity index is 817. The van der Waals surface area contributed by atoms with E-state index in [0.29, 0.717) is 13.0 Å². The topological polar surface area (TPSA) is 58.6 Å². The molecule has 5 heteroatoms. The number of hydrogen-bond donors (Lipinski definition) is 1. The summed E-state index contributed by atoms with van der Waals surface area (Å²) in [5, 5.41) is 2.95. The summed E-state index contributed by atoms with van der Waals surface area (Å²) in [6, 6.07) is 13.5. The minimum Gasteiger partial charge on any atom is -0.497 e. The van der Waals surface area contributed by atoms with Crippen molar-refractivity contribution < 1.29 is 14.3 Å². The molecular weight excluding hydrogens is 328 g/mol. The third-order valence-electron chi connectivity index (χ3n) is 4.66. The van der Waals surface area contributed by atoms with Gasteiger partial charge in [-0.1, -0.05) is 25.1 Å². The Kier molecular flexibility index (Phi) is 5.56. The Hall–Kier alpha value is -2.82. The fourth-order valence-electron chi connectivity index (χ4n) is 3.24. The molecule has 0 saturated heterocycles. The van der Waals surface area contributed by atoms with Gasteiger partial charge in [0.2, 0.25) is 11.8 Å². The van der Waals surface area contributed by atoms with E-state index < -0.39 is 0 Å². The molecule has 1 heterocycles. The molecule has 0 radical (unpaired) electrons. The van der Waals surface area contributed by atoms with Gasteiger partial charge >= 0.3 is 0 Å². The smallest absolute Gasteiger partial charge is 0.228 e. The van der Waals surface area contributed by atoms with Crippen molar-refractivity contribution in [3.8, 4) is 5.75 Å². The number of nitrogens with zero attached hydrogens (tertiary/aromatic N) is 1. The van der Waals surface area contributed by atoms with Crippen LogP contribution in [0.5, 0.6) is 5.75 Å². The lowest BCUT2D eigenvalue weighted by Crippen LogP contribution is -2.35. The Balaban J connectivity index is 1.67. The van der Waals surface area contributed by atoms with Crippen molar-refractivity contribution in [1.29, 1.82) is 0 Å². The maximum absolute atomic E-state index is 12.4. The van der Waals surface area contributed by atoms with E-state index in [2.05, 4.69) is 5.32 Å². The predicted molar refractivity (Wildman–Crippen MR) is 101 cm³/mol. The zero-order chi connectivity index (χ0) is 18.5. The van der Waals surface area contributed by atoms with Crippen molar-refractivity contribution in [2.24, 2.45) is 0 Å². The molecule has 0 atom stereocenters. The standard InChI is InChI=1S/C21H24N2O3/c1-3-21(25)23-10-9-16-7-8-18(13-17(16)14-23)22-20(24)12-15-5-4-6-19(11-15)26-2/h4-8,11,13H,3,9-10,12,14H2,1-2H3,(H,22,24). The lowest BCUT2D eigenvalue weighted by molar-refractivity contribution is -0.131. The molecule has 0 spiro atoms. The van der Waals surface area contributed by atoms with Crippen LogP contribution < -0.4 is 10.1 Å². The van der Waals surface area contributed by atoms with Gasteiger partial charge in [-0.2, -0.15) is 0 Å². The molecule has 0 aromatic heterocycles. The number of methoxy groups -OCH3 is 1. The number of hydrogen-bond acceptors (Lipinski definition) is 3. The van der Waals surface area contributed by atoms with Crippen LogP contribution in [0.25, 0.3) is 0 Å². The molecule has 2 aromatic carbocycles. The van der Waals surface area contributed by atoms with Crippen LogP contribution in [0, 0.1) is 0 Å². The van der Waals surface area contributed by atoms with E-state index in [0.717, 1.165) is 35.5 Å². The quantitative estimate of drug-likeness (QED) is 0.899. The number of fused-ring (bicyclic) bond motifs is 1. The van der Waals surface area contributed by atoms with Crippen LogP contribution >= 0.6 is 0 Å². The SMILES string of the molecule is CCC(=O)N1CCc2ccc(NC(=O)Cc3cccc(OC)c3)cc2C1. The molecule has 26 heavy (non-hydrogen) atoms. The second-order valence-corrected chi connectivity index (χ2v) is 6.48. The molecular formula is C21H24N2O3. The van der Waals surface area contributed by atoms with Crippen molar-refractivity contribution in [3.63, 3.8) is 0 Å². The number of ether oxygens (including phenoxy) is 1. The molecule has 1 aliphatic heterocycles. The average molecular weight is 352 g/mol. The van der Waals surface area contributed by atoms with E-state index in [9.17, 15) is 9.59 Å². The summed E-state index contributed by atoms with van der Waals surface area (Å²) in [4.78, 5) is 26.2. The van der Waals surface area contributed by atoms with E-state index in [1.165, 1.54) is 5.56 Å². The van der Waals surface area contributed by atoms with Gasteiger partial charge in [-0.25, -0.2) is 0 Å². The summed E-state index contributed by atoms with van der Waals surface area (Å²) in [5.41, 5.74) is 4.02. The summed E-state index contributed by atoms with van der Waals surface area (Å²) in [7, 11) is 1.61. The van der Waals surface area contributed by atoms with E-state index in [1.54, 1.807) is 7.11 Å². The number of rotatable bonds is 5. The summed E-state index contributed by atoms with van der Waals surface area (Å²) >= 11 is 0. The highest BCUT2D eigenvalue weighted by Gasteiger charge is 2.20. The molecule has 0 aliphatic carbocycles. The van der Waals surface area contributed by atoms with Gasteiger partial charge in [0.1, 0.15) is 5.75 Å². The van der Waals surface area contributed by atoms with Crippen molar-refractivity contribution in [2.75, 3.05) is 19.0 Å². The Morgan fingerprint density at radius 2 is 2.00 bits per heavy atom. The molecule has 0 unspecified atom stereocenters. The van der Waals surface area contributed by atoms with Crippen LogP contribution in [0.4, 0.5) is 5.69 Å². The summed E-state index contributed by atoms with van der Waals surface area (Å²) in [6.45, 7) is 3.26. The zero-order valence-corrected chi connectivity index (χ0v) is 15.2. The number of anilines is 1. The fourth-order valence-corrected chi connectivity index (χ4v) is 3.24.